The van der Waals surface area contributed by atoms with Gasteiger partial charge in [0.2, 0.25) is 5.75 Å². The zero-order valence-electron chi connectivity index (χ0n) is 11.4. The lowest BCUT2D eigenvalue weighted by Crippen LogP contribution is -2.09. The van der Waals surface area contributed by atoms with Gasteiger partial charge in [-0.05, 0) is 12.5 Å². The smallest absolute Gasteiger partial charge is 0.311 e. The van der Waals surface area contributed by atoms with Crippen molar-refractivity contribution in [3.05, 3.63) is 34.1 Å². The number of ether oxygens (including phenoxy) is 1. The van der Waals surface area contributed by atoms with Crippen LogP contribution in [0.1, 0.15) is 45.4 Å². The molecule has 0 radical (unpaired) electrons. The number of nitro benzene ring substituents is 1. The Morgan fingerprint density at radius 1 is 1.30 bits per heavy atom. The molecule has 0 aliphatic rings. The first kappa shape index (κ1) is 16.1. The summed E-state index contributed by atoms with van der Waals surface area (Å²) < 4.78 is 17.9. The third-order valence-electron chi connectivity index (χ3n) is 2.83. The molecule has 0 aromatic heterocycles. The Labute approximate surface area is 116 Å². The molecule has 0 bridgehead atoms. The van der Waals surface area contributed by atoms with Crippen molar-refractivity contribution in [3.63, 3.8) is 0 Å². The Morgan fingerprint density at radius 3 is 2.65 bits per heavy atom. The second-order valence-electron chi connectivity index (χ2n) is 4.51. The van der Waals surface area contributed by atoms with Crippen molar-refractivity contribution < 1.29 is 18.8 Å². The van der Waals surface area contributed by atoms with E-state index in [1.807, 2.05) is 0 Å². The first-order valence-corrected chi connectivity index (χ1v) is 6.69. The van der Waals surface area contributed by atoms with Crippen LogP contribution in [0.2, 0.25) is 0 Å². The maximum Gasteiger partial charge on any atom is 0.311 e. The summed E-state index contributed by atoms with van der Waals surface area (Å²) >= 11 is 0. The highest BCUT2D eigenvalue weighted by molar-refractivity contribution is 5.73. The van der Waals surface area contributed by atoms with Gasteiger partial charge in [-0.25, -0.2) is 4.39 Å². The average molecular weight is 283 g/mol. The highest BCUT2D eigenvalue weighted by atomic mass is 19.1. The Morgan fingerprint density at radius 2 is 2.00 bits per heavy atom. The van der Waals surface area contributed by atoms with E-state index in [1.165, 1.54) is 0 Å². The lowest BCUT2D eigenvalue weighted by atomic mass is 10.1. The summed E-state index contributed by atoms with van der Waals surface area (Å²) in [6.45, 7) is 2.09. The molecule has 6 heteroatoms. The fourth-order valence-corrected chi connectivity index (χ4v) is 1.77. The van der Waals surface area contributed by atoms with Gasteiger partial charge in [0.25, 0.3) is 0 Å². The first-order chi connectivity index (χ1) is 9.54. The predicted octanol–water partition coefficient (Wildman–Crippen LogP) is 4.00. The summed E-state index contributed by atoms with van der Waals surface area (Å²) in [4.78, 5) is 21.6. The molecule has 110 valence electrons. The summed E-state index contributed by atoms with van der Waals surface area (Å²) in [5, 5.41) is 10.7. The lowest BCUT2D eigenvalue weighted by molar-refractivity contribution is -0.385. The lowest BCUT2D eigenvalue weighted by Gasteiger charge is -2.05. The largest absolute Gasteiger partial charge is 0.419 e. The van der Waals surface area contributed by atoms with E-state index >= 15 is 0 Å². The number of benzene rings is 1. The van der Waals surface area contributed by atoms with Crippen LogP contribution in [0.3, 0.4) is 0 Å². The molecule has 0 aliphatic carbocycles. The van der Waals surface area contributed by atoms with Crippen LogP contribution < -0.4 is 4.74 Å². The molecule has 5 nitrogen and oxygen atoms in total. The molecule has 0 N–H and O–H groups in total. The van der Waals surface area contributed by atoms with Crippen LogP contribution in [0, 0.1) is 15.9 Å². The Kier molecular flexibility index (Phi) is 6.63. The maximum absolute atomic E-state index is 13.0. The summed E-state index contributed by atoms with van der Waals surface area (Å²) in [5.41, 5.74) is -0.411. The van der Waals surface area contributed by atoms with E-state index in [4.69, 9.17) is 4.74 Å². The van der Waals surface area contributed by atoms with Gasteiger partial charge in [-0.1, -0.05) is 32.6 Å². The Bertz CT molecular complexity index is 476. The fraction of sp³-hybridized carbons (Fsp3) is 0.500. The number of esters is 1. The van der Waals surface area contributed by atoms with Crippen LogP contribution in [0.4, 0.5) is 10.1 Å². The van der Waals surface area contributed by atoms with E-state index in [-0.39, 0.29) is 12.2 Å². The van der Waals surface area contributed by atoms with Crippen LogP contribution in [-0.4, -0.2) is 10.9 Å². The first-order valence-electron chi connectivity index (χ1n) is 6.69. The summed E-state index contributed by atoms with van der Waals surface area (Å²) in [6, 6.07) is 2.80. The average Bonchev–Trinajstić information content (AvgIpc) is 2.38. The van der Waals surface area contributed by atoms with Gasteiger partial charge in [0, 0.05) is 18.6 Å². The summed E-state index contributed by atoms with van der Waals surface area (Å²) in [5.74, 6) is -1.59. The van der Waals surface area contributed by atoms with E-state index in [9.17, 15) is 19.3 Å². The molecule has 20 heavy (non-hydrogen) atoms. The van der Waals surface area contributed by atoms with Crippen LogP contribution in [-0.2, 0) is 4.79 Å². The van der Waals surface area contributed by atoms with Gasteiger partial charge in [0.1, 0.15) is 5.82 Å². The van der Waals surface area contributed by atoms with Crippen molar-refractivity contribution >= 4 is 11.7 Å². The van der Waals surface area contributed by atoms with Crippen LogP contribution >= 0.6 is 0 Å². The van der Waals surface area contributed by atoms with E-state index in [2.05, 4.69) is 6.92 Å². The molecule has 0 atom stereocenters. The highest BCUT2D eigenvalue weighted by Gasteiger charge is 2.18. The Balaban J connectivity index is 2.53. The Hall–Kier alpha value is -1.98. The quantitative estimate of drug-likeness (QED) is 0.238. The molecule has 0 amide bonds. The number of rotatable bonds is 8. The van der Waals surface area contributed by atoms with Gasteiger partial charge in [-0.3, -0.25) is 14.9 Å². The molecule has 1 aromatic carbocycles. The van der Waals surface area contributed by atoms with Crippen LogP contribution in [0.5, 0.6) is 5.75 Å². The normalized spacial score (nSPS) is 10.3. The third-order valence-corrected chi connectivity index (χ3v) is 2.83. The van der Waals surface area contributed by atoms with E-state index in [0.717, 1.165) is 43.9 Å². The maximum atomic E-state index is 13.0. The van der Waals surface area contributed by atoms with Crippen LogP contribution in [0.15, 0.2) is 18.2 Å². The minimum Gasteiger partial charge on any atom is -0.419 e. The second-order valence-corrected chi connectivity index (χ2v) is 4.51. The second kappa shape index (κ2) is 8.24. The number of nitro groups is 1. The van der Waals surface area contributed by atoms with E-state index in [1.54, 1.807) is 0 Å². The molecule has 1 rings (SSSR count). The van der Waals surface area contributed by atoms with Crippen molar-refractivity contribution in [2.24, 2.45) is 0 Å². The minimum atomic E-state index is -0.705. The van der Waals surface area contributed by atoms with E-state index < -0.39 is 22.4 Å². The molecule has 0 fully saturated rings. The minimum absolute atomic E-state index is 0.178. The molecule has 0 heterocycles. The molecule has 0 unspecified atom stereocenters. The highest BCUT2D eigenvalue weighted by Crippen LogP contribution is 2.27. The topological polar surface area (TPSA) is 69.4 Å². The van der Waals surface area contributed by atoms with Crippen molar-refractivity contribution in [1.82, 2.24) is 0 Å². The third kappa shape index (κ3) is 5.34. The van der Waals surface area contributed by atoms with Gasteiger partial charge in [0.15, 0.2) is 0 Å². The predicted molar refractivity (Wildman–Crippen MR) is 72.1 cm³/mol. The fourth-order valence-electron chi connectivity index (χ4n) is 1.77. The number of unbranched alkanes of at least 4 members (excludes halogenated alkanes) is 4. The van der Waals surface area contributed by atoms with Gasteiger partial charge in [-0.2, -0.15) is 0 Å². The molecule has 0 saturated heterocycles. The van der Waals surface area contributed by atoms with Gasteiger partial charge in [0.05, 0.1) is 4.92 Å². The SMILES string of the molecule is CCCCCCCC(=O)Oc1cc(F)ccc1[N+](=O)[O-]. The number of halogens is 1. The summed E-state index contributed by atoms with van der Waals surface area (Å²) in [6.07, 6.45) is 5.03. The molecular formula is C14H18FNO4. The van der Waals surface area contributed by atoms with Crippen molar-refractivity contribution in [2.45, 2.75) is 45.4 Å². The van der Waals surface area contributed by atoms with Crippen molar-refractivity contribution in [1.29, 1.82) is 0 Å². The molecule has 0 aliphatic heterocycles. The number of carbonyl (C=O) groups is 1. The monoisotopic (exact) mass is 283 g/mol. The number of hydrogen-bond acceptors (Lipinski definition) is 4. The van der Waals surface area contributed by atoms with E-state index in [0.29, 0.717) is 6.42 Å². The number of nitrogens with zero attached hydrogens (tertiary/aromatic N) is 1. The van der Waals surface area contributed by atoms with Gasteiger partial charge in [-0.15, -0.1) is 0 Å². The zero-order chi connectivity index (χ0) is 15.0. The zero-order valence-corrected chi connectivity index (χ0v) is 11.4. The molecule has 1 aromatic rings. The van der Waals surface area contributed by atoms with Crippen molar-refractivity contribution in [3.8, 4) is 5.75 Å². The molecule has 0 saturated carbocycles. The summed E-state index contributed by atoms with van der Waals surface area (Å²) in [7, 11) is 0. The standard InChI is InChI=1S/C14H18FNO4/c1-2-3-4-5-6-7-14(17)20-13-10-11(15)8-9-12(13)16(18)19/h8-10H,2-7H2,1H3. The van der Waals surface area contributed by atoms with Gasteiger partial charge >= 0.3 is 11.7 Å². The van der Waals surface area contributed by atoms with Gasteiger partial charge < -0.3 is 4.74 Å². The molecule has 0 spiro atoms. The van der Waals surface area contributed by atoms with Crippen LogP contribution in [0.25, 0.3) is 0 Å². The molecular weight excluding hydrogens is 265 g/mol. The van der Waals surface area contributed by atoms with Crippen molar-refractivity contribution in [2.75, 3.05) is 0 Å². The number of carbonyl (C=O) groups excluding carboxylic acids is 1. The number of hydrogen-bond donors (Lipinski definition) is 0.